The van der Waals surface area contributed by atoms with Gasteiger partial charge in [-0.3, -0.25) is 9.59 Å². The van der Waals surface area contributed by atoms with E-state index in [-0.39, 0.29) is 17.6 Å². The third-order valence-corrected chi connectivity index (χ3v) is 6.36. The van der Waals surface area contributed by atoms with Crippen LogP contribution in [0, 0.1) is 0 Å². The third-order valence-electron chi connectivity index (χ3n) is 4.77. The molecule has 146 valence electrons. The van der Waals surface area contributed by atoms with Crippen LogP contribution in [0.3, 0.4) is 0 Å². The van der Waals surface area contributed by atoms with Crippen molar-refractivity contribution in [2.24, 2.45) is 0 Å². The molecule has 1 aliphatic heterocycles. The highest BCUT2D eigenvalue weighted by Gasteiger charge is 2.24. The number of fused-ring (bicyclic) bond motifs is 1. The average molecular weight is 467 g/mol. The molecule has 2 amide bonds. The topological polar surface area (TPSA) is 49.4 Å². The summed E-state index contributed by atoms with van der Waals surface area (Å²) < 4.78 is 0.952. The van der Waals surface area contributed by atoms with E-state index >= 15 is 0 Å². The average Bonchev–Trinajstić information content (AvgIpc) is 3.18. The maximum absolute atomic E-state index is 12.8. The number of amides is 2. The van der Waals surface area contributed by atoms with Crippen molar-refractivity contribution in [3.8, 4) is 0 Å². The Balaban J connectivity index is 1.44. The van der Waals surface area contributed by atoms with Gasteiger partial charge in [-0.25, -0.2) is 0 Å². The molecule has 1 N–H and O–H groups in total. The molecule has 3 aromatic carbocycles. The summed E-state index contributed by atoms with van der Waals surface area (Å²) in [5.41, 5.74) is 3.50. The van der Waals surface area contributed by atoms with Gasteiger partial charge in [0.25, 0.3) is 5.91 Å². The van der Waals surface area contributed by atoms with E-state index in [1.807, 2.05) is 65.6 Å². The molecule has 3 aromatic rings. The van der Waals surface area contributed by atoms with Gasteiger partial charge in [0.15, 0.2) is 0 Å². The number of thioether (sulfide) groups is 1. The first-order chi connectivity index (χ1) is 14.1. The highest BCUT2D eigenvalue weighted by atomic mass is 79.9. The summed E-state index contributed by atoms with van der Waals surface area (Å²) in [5, 5.41) is 2.91. The van der Waals surface area contributed by atoms with Crippen molar-refractivity contribution in [1.82, 2.24) is 0 Å². The van der Waals surface area contributed by atoms with Gasteiger partial charge < -0.3 is 10.2 Å². The minimum absolute atomic E-state index is 0.0584. The number of benzene rings is 3. The molecular weight excluding hydrogens is 448 g/mol. The van der Waals surface area contributed by atoms with E-state index in [2.05, 4.69) is 27.3 Å². The van der Waals surface area contributed by atoms with Crippen LogP contribution in [-0.2, 0) is 11.2 Å². The maximum Gasteiger partial charge on any atom is 0.256 e. The molecule has 4 rings (SSSR count). The van der Waals surface area contributed by atoms with Gasteiger partial charge in [-0.15, -0.1) is 11.8 Å². The number of para-hydroxylation sites is 1. The first-order valence-corrected chi connectivity index (χ1v) is 11.1. The first kappa shape index (κ1) is 19.7. The fourth-order valence-corrected chi connectivity index (χ4v) is 4.52. The summed E-state index contributed by atoms with van der Waals surface area (Å²) in [6.45, 7) is 0.713. The van der Waals surface area contributed by atoms with E-state index in [1.165, 1.54) is 17.3 Å². The molecule has 0 aromatic heterocycles. The van der Waals surface area contributed by atoms with Crippen molar-refractivity contribution < 1.29 is 9.59 Å². The Kier molecular flexibility index (Phi) is 6.02. The molecule has 6 heteroatoms. The van der Waals surface area contributed by atoms with Crippen molar-refractivity contribution in [2.45, 2.75) is 11.3 Å². The van der Waals surface area contributed by atoms with E-state index in [9.17, 15) is 9.59 Å². The lowest BCUT2D eigenvalue weighted by atomic mass is 10.2. The molecule has 4 nitrogen and oxygen atoms in total. The number of nitrogens with zero attached hydrogens (tertiary/aromatic N) is 1. The first-order valence-electron chi connectivity index (χ1n) is 9.29. The summed E-state index contributed by atoms with van der Waals surface area (Å²) in [6, 6.07) is 22.8. The Labute approximate surface area is 182 Å². The maximum atomic E-state index is 12.8. The minimum Gasteiger partial charge on any atom is -0.322 e. The number of anilines is 2. The Hall–Kier alpha value is -2.57. The molecule has 0 atom stereocenters. The molecule has 0 aliphatic carbocycles. The van der Waals surface area contributed by atoms with Crippen LogP contribution in [0.2, 0.25) is 0 Å². The molecule has 29 heavy (non-hydrogen) atoms. The number of rotatable bonds is 5. The normalized spacial score (nSPS) is 12.5. The Morgan fingerprint density at radius 1 is 0.966 bits per heavy atom. The molecule has 0 saturated carbocycles. The molecule has 0 spiro atoms. The quantitative estimate of drug-likeness (QED) is 0.513. The van der Waals surface area contributed by atoms with E-state index in [4.69, 9.17) is 0 Å². The molecule has 0 radical (unpaired) electrons. The van der Waals surface area contributed by atoms with E-state index in [0.717, 1.165) is 27.2 Å². The van der Waals surface area contributed by atoms with Gasteiger partial charge in [0.05, 0.1) is 11.3 Å². The largest absolute Gasteiger partial charge is 0.322 e. The number of carbonyl (C=O) groups excluding carboxylic acids is 2. The van der Waals surface area contributed by atoms with Crippen LogP contribution < -0.4 is 10.2 Å². The molecule has 0 saturated heterocycles. The van der Waals surface area contributed by atoms with E-state index < -0.39 is 0 Å². The SMILES string of the molecule is O=C(Nc1ccc(Br)cc1)c1ccccc1SCC(=O)N1CCc2ccccc21. The van der Waals surface area contributed by atoms with Gasteiger partial charge in [0.2, 0.25) is 5.91 Å². The summed E-state index contributed by atoms with van der Waals surface area (Å²) in [6.07, 6.45) is 0.888. The minimum atomic E-state index is -0.186. The summed E-state index contributed by atoms with van der Waals surface area (Å²) in [4.78, 5) is 28.2. The van der Waals surface area contributed by atoms with Crippen LogP contribution in [-0.4, -0.2) is 24.1 Å². The lowest BCUT2D eigenvalue weighted by Crippen LogP contribution is -2.30. The number of hydrogen-bond donors (Lipinski definition) is 1. The molecule has 0 bridgehead atoms. The van der Waals surface area contributed by atoms with Crippen LogP contribution in [0.25, 0.3) is 0 Å². The van der Waals surface area contributed by atoms with Crippen molar-refractivity contribution >= 4 is 50.9 Å². The van der Waals surface area contributed by atoms with Gasteiger partial charge in [-0.2, -0.15) is 0 Å². The Morgan fingerprint density at radius 2 is 1.69 bits per heavy atom. The second-order valence-electron chi connectivity index (χ2n) is 6.67. The number of carbonyl (C=O) groups is 2. The van der Waals surface area contributed by atoms with Crippen LogP contribution in [0.4, 0.5) is 11.4 Å². The number of nitrogens with one attached hydrogen (secondary N) is 1. The van der Waals surface area contributed by atoms with Crippen molar-refractivity contribution in [3.05, 3.63) is 88.4 Å². The smallest absolute Gasteiger partial charge is 0.256 e. The number of hydrogen-bond acceptors (Lipinski definition) is 3. The van der Waals surface area contributed by atoms with Gasteiger partial charge in [-0.05, 0) is 54.4 Å². The second-order valence-corrected chi connectivity index (χ2v) is 8.60. The van der Waals surface area contributed by atoms with Crippen molar-refractivity contribution in [3.63, 3.8) is 0 Å². The second kappa shape index (κ2) is 8.84. The molecule has 1 heterocycles. The molecule has 0 unspecified atom stereocenters. The number of halogens is 1. The molecule has 1 aliphatic rings. The fourth-order valence-electron chi connectivity index (χ4n) is 3.33. The zero-order valence-electron chi connectivity index (χ0n) is 15.6. The van der Waals surface area contributed by atoms with Crippen LogP contribution in [0.5, 0.6) is 0 Å². The standard InChI is InChI=1S/C23H19BrN2O2S/c24-17-9-11-18(12-10-17)25-23(28)19-6-2-4-8-21(19)29-15-22(27)26-14-13-16-5-1-3-7-20(16)26/h1-12H,13-15H2,(H,25,28). The monoisotopic (exact) mass is 466 g/mol. The molecule has 0 fully saturated rings. The Morgan fingerprint density at radius 3 is 2.52 bits per heavy atom. The van der Waals surface area contributed by atoms with Gasteiger partial charge in [0, 0.05) is 27.3 Å². The van der Waals surface area contributed by atoms with E-state index in [1.54, 1.807) is 6.07 Å². The van der Waals surface area contributed by atoms with Crippen molar-refractivity contribution in [2.75, 3.05) is 22.5 Å². The van der Waals surface area contributed by atoms with Gasteiger partial charge in [0.1, 0.15) is 0 Å². The highest BCUT2D eigenvalue weighted by molar-refractivity contribution is 9.10. The fraction of sp³-hybridized carbons (Fsp3) is 0.130. The lowest BCUT2D eigenvalue weighted by molar-refractivity contribution is -0.116. The van der Waals surface area contributed by atoms with Gasteiger partial charge >= 0.3 is 0 Å². The summed E-state index contributed by atoms with van der Waals surface area (Å²) in [7, 11) is 0. The molecular formula is C23H19BrN2O2S. The highest BCUT2D eigenvalue weighted by Crippen LogP contribution is 2.30. The Bertz CT molecular complexity index is 1050. The van der Waals surface area contributed by atoms with Crippen molar-refractivity contribution in [1.29, 1.82) is 0 Å². The lowest BCUT2D eigenvalue weighted by Gasteiger charge is -2.17. The van der Waals surface area contributed by atoms with Crippen LogP contribution in [0.1, 0.15) is 15.9 Å². The zero-order valence-corrected chi connectivity index (χ0v) is 18.0. The van der Waals surface area contributed by atoms with Crippen LogP contribution >= 0.6 is 27.7 Å². The van der Waals surface area contributed by atoms with Gasteiger partial charge in [-0.1, -0.05) is 46.3 Å². The predicted octanol–water partition coefficient (Wildman–Crippen LogP) is 5.38. The van der Waals surface area contributed by atoms with E-state index in [0.29, 0.717) is 12.1 Å². The summed E-state index contributed by atoms with van der Waals surface area (Å²) >= 11 is 4.79. The van der Waals surface area contributed by atoms with Crippen LogP contribution in [0.15, 0.2) is 82.2 Å². The summed E-state index contributed by atoms with van der Waals surface area (Å²) in [5.74, 6) is 0.161. The predicted molar refractivity (Wildman–Crippen MR) is 122 cm³/mol. The zero-order chi connectivity index (χ0) is 20.2. The third kappa shape index (κ3) is 4.54.